The van der Waals surface area contributed by atoms with Crippen molar-refractivity contribution >= 4 is 0 Å². The molecule has 0 amide bonds. The number of piperidine rings is 2. The number of β-amino-alcohol motifs (C(OH)–C–C–N with tert-alkyl or cyclic N) is 1. The Morgan fingerprint density at radius 3 is 2.29 bits per heavy atom. The van der Waals surface area contributed by atoms with Crippen molar-refractivity contribution in [3.8, 4) is 0 Å². The third kappa shape index (κ3) is 4.39. The zero-order valence-electron chi connectivity index (χ0n) is 13.5. The van der Waals surface area contributed by atoms with Gasteiger partial charge in [0.05, 0.1) is 6.61 Å². The van der Waals surface area contributed by atoms with Crippen LogP contribution in [0.3, 0.4) is 0 Å². The van der Waals surface area contributed by atoms with E-state index in [1.54, 1.807) is 7.11 Å². The molecule has 2 fully saturated rings. The van der Waals surface area contributed by atoms with Crippen LogP contribution in [0.15, 0.2) is 0 Å². The Morgan fingerprint density at radius 1 is 1.05 bits per heavy atom. The lowest BCUT2D eigenvalue weighted by Crippen LogP contribution is -2.53. The zero-order valence-corrected chi connectivity index (χ0v) is 13.5. The maximum atomic E-state index is 9.86. The second-order valence-electron chi connectivity index (χ2n) is 6.70. The molecular weight excluding hydrogens is 268 g/mol. The van der Waals surface area contributed by atoms with Gasteiger partial charge in [-0.15, -0.1) is 0 Å². The van der Waals surface area contributed by atoms with Crippen LogP contribution in [-0.2, 0) is 4.74 Å². The van der Waals surface area contributed by atoms with E-state index in [1.807, 2.05) is 0 Å². The Labute approximate surface area is 128 Å². The number of aliphatic hydroxyl groups is 2. The van der Waals surface area contributed by atoms with Crippen molar-refractivity contribution in [2.45, 2.75) is 25.7 Å². The highest BCUT2D eigenvalue weighted by Gasteiger charge is 2.44. The molecule has 0 aromatic rings. The molecule has 0 saturated carbocycles. The minimum absolute atomic E-state index is 0.254. The average molecular weight is 300 g/mol. The molecule has 0 radical (unpaired) electrons. The van der Waals surface area contributed by atoms with Crippen LogP contribution in [0.25, 0.3) is 0 Å². The number of nitrogens with zero attached hydrogens (tertiary/aromatic N) is 2. The summed E-state index contributed by atoms with van der Waals surface area (Å²) in [5, 5.41) is 18.9. The lowest BCUT2D eigenvalue weighted by molar-refractivity contribution is -0.0442. The van der Waals surface area contributed by atoms with Gasteiger partial charge in [0.25, 0.3) is 0 Å². The quantitative estimate of drug-likeness (QED) is 0.667. The van der Waals surface area contributed by atoms with Crippen molar-refractivity contribution in [2.75, 3.05) is 66.2 Å². The molecule has 1 unspecified atom stereocenters. The van der Waals surface area contributed by atoms with Gasteiger partial charge in [0, 0.05) is 45.9 Å². The van der Waals surface area contributed by atoms with Gasteiger partial charge >= 0.3 is 0 Å². The molecule has 2 heterocycles. The number of ether oxygens (including phenoxy) is 1. The highest BCUT2D eigenvalue weighted by molar-refractivity contribution is 4.96. The van der Waals surface area contributed by atoms with Crippen LogP contribution >= 0.6 is 0 Å². The number of likely N-dealkylation sites (tertiary alicyclic amines) is 2. The molecule has 5 heteroatoms. The van der Waals surface area contributed by atoms with Crippen molar-refractivity contribution < 1.29 is 14.9 Å². The first-order valence-electron chi connectivity index (χ1n) is 8.39. The van der Waals surface area contributed by atoms with Crippen LogP contribution in [0.5, 0.6) is 0 Å². The van der Waals surface area contributed by atoms with Gasteiger partial charge in [-0.3, -0.25) is 0 Å². The highest BCUT2D eigenvalue weighted by Crippen LogP contribution is 2.45. The third-order valence-electron chi connectivity index (χ3n) is 5.58. The van der Waals surface area contributed by atoms with Gasteiger partial charge in [-0.1, -0.05) is 0 Å². The van der Waals surface area contributed by atoms with E-state index in [4.69, 9.17) is 9.84 Å². The predicted molar refractivity (Wildman–Crippen MR) is 83.3 cm³/mol. The summed E-state index contributed by atoms with van der Waals surface area (Å²) in [6.07, 6.45) is 4.62. The molecule has 5 nitrogen and oxygen atoms in total. The van der Waals surface area contributed by atoms with E-state index in [2.05, 4.69) is 9.80 Å². The van der Waals surface area contributed by atoms with Crippen molar-refractivity contribution in [1.82, 2.24) is 9.80 Å². The lowest BCUT2D eigenvalue weighted by Gasteiger charge is -2.51. The molecule has 21 heavy (non-hydrogen) atoms. The summed E-state index contributed by atoms with van der Waals surface area (Å²) in [6, 6.07) is 0. The summed E-state index contributed by atoms with van der Waals surface area (Å²) in [5.74, 6) is 0.407. The second-order valence-corrected chi connectivity index (χ2v) is 6.70. The first-order valence-corrected chi connectivity index (χ1v) is 8.39. The Hall–Kier alpha value is -0.200. The molecule has 2 rings (SSSR count). The van der Waals surface area contributed by atoms with Crippen molar-refractivity contribution in [1.29, 1.82) is 0 Å². The number of methoxy groups -OCH3 is 1. The largest absolute Gasteiger partial charge is 0.396 e. The smallest absolute Gasteiger partial charge is 0.0558 e. The van der Waals surface area contributed by atoms with E-state index in [0.29, 0.717) is 17.9 Å². The molecule has 0 aromatic heterocycles. The first kappa shape index (κ1) is 17.2. The molecular formula is C16H32N2O3. The fraction of sp³-hybridized carbons (Fsp3) is 1.00. The topological polar surface area (TPSA) is 56.2 Å². The first-order chi connectivity index (χ1) is 10.2. The van der Waals surface area contributed by atoms with E-state index >= 15 is 0 Å². The molecule has 2 N–H and O–H groups in total. The minimum atomic E-state index is 0.254. The summed E-state index contributed by atoms with van der Waals surface area (Å²) in [6.45, 7) is 7.58. The SMILES string of the molecule is COCCCN1CCC2(CCN(CCO)CC2)C(CO)C1. The zero-order chi connectivity index (χ0) is 15.1. The van der Waals surface area contributed by atoms with Crippen molar-refractivity contribution in [3.05, 3.63) is 0 Å². The number of rotatable bonds is 7. The molecule has 124 valence electrons. The van der Waals surface area contributed by atoms with Crippen LogP contribution in [0.4, 0.5) is 0 Å². The Morgan fingerprint density at radius 2 is 1.71 bits per heavy atom. The molecule has 0 bridgehead atoms. The monoisotopic (exact) mass is 300 g/mol. The van der Waals surface area contributed by atoms with Crippen molar-refractivity contribution in [2.24, 2.45) is 11.3 Å². The van der Waals surface area contributed by atoms with Crippen LogP contribution in [0, 0.1) is 11.3 Å². The number of hydrogen-bond donors (Lipinski definition) is 2. The van der Waals surface area contributed by atoms with Gasteiger partial charge in [0.1, 0.15) is 0 Å². The average Bonchev–Trinajstić information content (AvgIpc) is 2.52. The molecule has 0 aliphatic carbocycles. The van der Waals surface area contributed by atoms with E-state index in [-0.39, 0.29) is 6.61 Å². The maximum Gasteiger partial charge on any atom is 0.0558 e. The molecule has 2 aliphatic rings. The van der Waals surface area contributed by atoms with E-state index in [1.165, 1.54) is 19.3 Å². The van der Waals surface area contributed by atoms with Gasteiger partial charge in [-0.25, -0.2) is 0 Å². The molecule has 0 aromatic carbocycles. The van der Waals surface area contributed by atoms with Crippen LogP contribution < -0.4 is 0 Å². The fourth-order valence-corrected chi connectivity index (χ4v) is 4.09. The van der Waals surface area contributed by atoms with Gasteiger partial charge in [-0.2, -0.15) is 0 Å². The third-order valence-corrected chi connectivity index (χ3v) is 5.58. The van der Waals surface area contributed by atoms with Crippen LogP contribution in [0.1, 0.15) is 25.7 Å². The van der Waals surface area contributed by atoms with Gasteiger partial charge in [0.15, 0.2) is 0 Å². The lowest BCUT2D eigenvalue weighted by atomic mass is 9.64. The summed E-state index contributed by atoms with van der Waals surface area (Å²) in [7, 11) is 1.75. The molecule has 2 aliphatic heterocycles. The Bertz CT molecular complexity index is 293. The number of hydrogen-bond acceptors (Lipinski definition) is 5. The van der Waals surface area contributed by atoms with Gasteiger partial charge in [0.2, 0.25) is 0 Å². The van der Waals surface area contributed by atoms with E-state index in [0.717, 1.165) is 52.3 Å². The molecule has 2 saturated heterocycles. The second kappa shape index (κ2) is 8.44. The van der Waals surface area contributed by atoms with Gasteiger partial charge < -0.3 is 24.7 Å². The highest BCUT2D eigenvalue weighted by atomic mass is 16.5. The summed E-state index contributed by atoms with van der Waals surface area (Å²) >= 11 is 0. The summed E-state index contributed by atoms with van der Waals surface area (Å²) in [5.41, 5.74) is 0.332. The molecule has 1 spiro atoms. The Balaban J connectivity index is 1.84. The summed E-state index contributed by atoms with van der Waals surface area (Å²) in [4.78, 5) is 4.84. The van der Waals surface area contributed by atoms with Gasteiger partial charge in [-0.05, 0) is 50.7 Å². The van der Waals surface area contributed by atoms with Crippen LogP contribution in [0.2, 0.25) is 0 Å². The maximum absolute atomic E-state index is 9.86. The van der Waals surface area contributed by atoms with E-state index in [9.17, 15) is 5.11 Å². The minimum Gasteiger partial charge on any atom is -0.396 e. The van der Waals surface area contributed by atoms with Crippen LogP contribution in [-0.4, -0.2) is 86.2 Å². The predicted octanol–water partition coefficient (Wildman–Crippen LogP) is 0.412. The standard InChI is InChI=1S/C16H32N2O3/c1-21-12-2-6-18-9-5-16(15(13-18)14-20)3-7-17(8-4-16)10-11-19/h15,19-20H,2-14H2,1H3. The normalized spacial score (nSPS) is 27.3. The summed E-state index contributed by atoms with van der Waals surface area (Å²) < 4.78 is 5.13. The fourth-order valence-electron chi connectivity index (χ4n) is 4.09. The number of aliphatic hydroxyl groups excluding tert-OH is 2. The molecule has 1 atom stereocenters. The van der Waals surface area contributed by atoms with E-state index < -0.39 is 0 Å². The Kier molecular flexibility index (Phi) is 6.89. The van der Waals surface area contributed by atoms with Crippen molar-refractivity contribution in [3.63, 3.8) is 0 Å².